The van der Waals surface area contributed by atoms with Crippen LogP contribution in [0.15, 0.2) is 71.8 Å². The molecule has 0 fully saturated rings. The van der Waals surface area contributed by atoms with Crippen LogP contribution in [0.4, 0.5) is 0 Å². The van der Waals surface area contributed by atoms with Crippen LogP contribution in [0.2, 0.25) is 4.34 Å². The second-order valence-electron chi connectivity index (χ2n) is 5.88. The predicted molar refractivity (Wildman–Crippen MR) is 118 cm³/mol. The van der Waals surface area contributed by atoms with Crippen molar-refractivity contribution in [2.24, 2.45) is 5.10 Å². The molecule has 2 aromatic carbocycles. The lowest BCUT2D eigenvalue weighted by Crippen LogP contribution is -2.26. The maximum Gasteiger partial charge on any atom is 0.252 e. The molecule has 0 aliphatic carbocycles. The molecule has 6 heteroatoms. The van der Waals surface area contributed by atoms with Crippen molar-refractivity contribution >= 4 is 46.8 Å². The zero-order chi connectivity index (χ0) is 19.1. The van der Waals surface area contributed by atoms with Crippen molar-refractivity contribution in [2.45, 2.75) is 17.9 Å². The number of halogens is 1. The minimum atomic E-state index is -0.194. The van der Waals surface area contributed by atoms with Crippen LogP contribution >= 0.6 is 34.7 Å². The molecule has 0 bridgehead atoms. The molecule has 0 radical (unpaired) electrons. The van der Waals surface area contributed by atoms with E-state index in [0.717, 1.165) is 21.8 Å². The van der Waals surface area contributed by atoms with E-state index in [2.05, 4.69) is 22.7 Å². The zero-order valence-electron chi connectivity index (χ0n) is 14.8. The smallest absolute Gasteiger partial charge is 0.252 e. The number of rotatable bonds is 7. The lowest BCUT2D eigenvalue weighted by Gasteiger charge is -2.09. The Morgan fingerprint density at radius 3 is 2.56 bits per heavy atom. The van der Waals surface area contributed by atoms with Gasteiger partial charge in [0, 0.05) is 16.2 Å². The molecule has 1 N–H and O–H groups in total. The summed E-state index contributed by atoms with van der Waals surface area (Å²) in [5, 5.41) is 3.88. The summed E-state index contributed by atoms with van der Waals surface area (Å²) in [5.74, 6) is 0.664. The van der Waals surface area contributed by atoms with Gasteiger partial charge in [-0.05, 0) is 24.1 Å². The number of carbonyl (C=O) groups excluding carboxylic acids is 1. The van der Waals surface area contributed by atoms with Gasteiger partial charge in [-0.2, -0.15) is 5.10 Å². The molecule has 3 aromatic rings. The van der Waals surface area contributed by atoms with Crippen molar-refractivity contribution in [1.82, 2.24) is 5.43 Å². The summed E-state index contributed by atoms with van der Waals surface area (Å²) in [5.41, 5.74) is 5.70. The quantitative estimate of drug-likeness (QED) is 0.389. The van der Waals surface area contributed by atoms with Crippen LogP contribution in [0, 0.1) is 0 Å². The second-order valence-corrected chi connectivity index (χ2v) is 8.86. The molecular formula is C21H19ClN2OS2. The summed E-state index contributed by atoms with van der Waals surface area (Å²) in [4.78, 5) is 13.3. The molecule has 0 aliphatic heterocycles. The van der Waals surface area contributed by atoms with Gasteiger partial charge in [-0.25, -0.2) is 5.43 Å². The first-order valence-electron chi connectivity index (χ1n) is 8.46. The van der Waals surface area contributed by atoms with Crippen molar-refractivity contribution in [3.63, 3.8) is 0 Å². The molecule has 0 aliphatic rings. The Morgan fingerprint density at radius 2 is 1.85 bits per heavy atom. The van der Waals surface area contributed by atoms with Gasteiger partial charge in [0.05, 0.1) is 11.5 Å². The van der Waals surface area contributed by atoms with E-state index in [0.29, 0.717) is 4.34 Å². The monoisotopic (exact) mass is 414 g/mol. The second kappa shape index (κ2) is 9.74. The molecule has 1 heterocycles. The number of carbonyl (C=O) groups is 1. The van der Waals surface area contributed by atoms with Crippen LogP contribution in [0.3, 0.4) is 0 Å². The van der Waals surface area contributed by atoms with Crippen LogP contribution in [0.1, 0.15) is 18.1 Å². The highest BCUT2D eigenvalue weighted by Crippen LogP contribution is 2.33. The molecule has 27 heavy (non-hydrogen) atoms. The number of benzene rings is 2. The van der Waals surface area contributed by atoms with Gasteiger partial charge in [0.15, 0.2) is 0 Å². The number of thiophene rings is 1. The molecule has 138 valence electrons. The van der Waals surface area contributed by atoms with Crippen molar-refractivity contribution in [3.05, 3.63) is 82.2 Å². The summed E-state index contributed by atoms with van der Waals surface area (Å²) in [7, 11) is 0. The summed E-state index contributed by atoms with van der Waals surface area (Å²) in [6.45, 7) is 1.88. The first-order valence-corrected chi connectivity index (χ1v) is 10.7. The van der Waals surface area contributed by atoms with Gasteiger partial charge in [-0.1, -0.05) is 72.3 Å². The van der Waals surface area contributed by atoms with Crippen LogP contribution in [-0.4, -0.2) is 17.4 Å². The third-order valence-electron chi connectivity index (χ3n) is 3.86. The Labute approximate surface area is 172 Å². The number of hydrogen-bond acceptors (Lipinski definition) is 4. The van der Waals surface area contributed by atoms with E-state index >= 15 is 0 Å². The Kier molecular flexibility index (Phi) is 7.10. The van der Waals surface area contributed by atoms with E-state index in [1.54, 1.807) is 18.0 Å². The van der Waals surface area contributed by atoms with Gasteiger partial charge in [-0.3, -0.25) is 4.79 Å². The van der Waals surface area contributed by atoms with Crippen LogP contribution in [-0.2, 0) is 10.5 Å². The number of hydrogen-bond donors (Lipinski definition) is 1. The minimum absolute atomic E-state index is 0.123. The van der Waals surface area contributed by atoms with Gasteiger partial charge in [0.25, 0.3) is 5.91 Å². The van der Waals surface area contributed by atoms with Crippen molar-refractivity contribution in [1.29, 1.82) is 0 Å². The highest BCUT2D eigenvalue weighted by atomic mass is 35.5. The third-order valence-corrected chi connectivity index (χ3v) is 6.51. The maximum absolute atomic E-state index is 12.2. The van der Waals surface area contributed by atoms with Crippen LogP contribution in [0.25, 0.3) is 10.4 Å². The average molecular weight is 415 g/mol. The van der Waals surface area contributed by atoms with Gasteiger partial charge in [-0.15, -0.1) is 23.1 Å². The maximum atomic E-state index is 12.2. The fourth-order valence-corrected chi connectivity index (χ4v) is 4.40. The number of nitrogens with zero attached hydrogens (tertiary/aromatic N) is 1. The number of thioether (sulfide) groups is 1. The van der Waals surface area contributed by atoms with Gasteiger partial charge in [0.1, 0.15) is 4.34 Å². The number of nitrogens with one attached hydrogen (secondary N) is 1. The van der Waals surface area contributed by atoms with E-state index in [1.807, 2.05) is 61.5 Å². The molecule has 1 amide bonds. The summed E-state index contributed by atoms with van der Waals surface area (Å²) in [6.07, 6.45) is 1.59. The molecule has 0 spiro atoms. The van der Waals surface area contributed by atoms with Gasteiger partial charge >= 0.3 is 0 Å². The largest absolute Gasteiger partial charge is 0.272 e. The third kappa shape index (κ3) is 5.70. The Hall–Kier alpha value is -2.08. The van der Waals surface area contributed by atoms with Crippen molar-refractivity contribution < 1.29 is 4.79 Å². The standard InChI is InChI=1S/C21H19ClN2OS2/c1-15(26-14-16-8-4-2-5-9-16)21(25)24-23-13-18-12-19(27-20(18)22)17-10-6-3-7-11-17/h2-13,15H,14H2,1H3,(H,24,25). The minimum Gasteiger partial charge on any atom is -0.272 e. The summed E-state index contributed by atoms with van der Waals surface area (Å²) >= 11 is 9.37. The molecular weight excluding hydrogens is 396 g/mol. The first kappa shape index (κ1) is 19.7. The summed E-state index contributed by atoms with van der Waals surface area (Å²) in [6, 6.07) is 22.1. The fraction of sp³-hybridized carbons (Fsp3) is 0.143. The number of hydrazone groups is 1. The van der Waals surface area contributed by atoms with E-state index < -0.39 is 0 Å². The van der Waals surface area contributed by atoms with Gasteiger partial charge in [0.2, 0.25) is 0 Å². The van der Waals surface area contributed by atoms with Gasteiger partial charge < -0.3 is 0 Å². The fourth-order valence-electron chi connectivity index (χ4n) is 2.34. The highest BCUT2D eigenvalue weighted by Gasteiger charge is 2.13. The molecule has 0 saturated heterocycles. The Bertz CT molecular complexity index is 910. The van der Waals surface area contributed by atoms with E-state index in [1.165, 1.54) is 16.9 Å². The number of amides is 1. The molecule has 0 saturated carbocycles. The van der Waals surface area contributed by atoms with Crippen molar-refractivity contribution in [2.75, 3.05) is 0 Å². The van der Waals surface area contributed by atoms with Crippen LogP contribution in [0.5, 0.6) is 0 Å². The Balaban J connectivity index is 1.54. The zero-order valence-corrected chi connectivity index (χ0v) is 17.2. The predicted octanol–water partition coefficient (Wildman–Crippen LogP) is 5.84. The topological polar surface area (TPSA) is 41.5 Å². The van der Waals surface area contributed by atoms with Crippen molar-refractivity contribution in [3.8, 4) is 10.4 Å². The summed E-state index contributed by atoms with van der Waals surface area (Å²) < 4.78 is 0.651. The first-order chi connectivity index (χ1) is 13.1. The van der Waals surface area contributed by atoms with E-state index in [9.17, 15) is 4.79 Å². The average Bonchev–Trinajstić information content (AvgIpc) is 3.08. The molecule has 1 unspecified atom stereocenters. The molecule has 3 nitrogen and oxygen atoms in total. The highest BCUT2D eigenvalue weighted by molar-refractivity contribution is 7.99. The SMILES string of the molecule is CC(SCc1ccccc1)C(=O)NN=Cc1cc(-c2ccccc2)sc1Cl. The molecule has 1 atom stereocenters. The van der Waals surface area contributed by atoms with Crippen LogP contribution < -0.4 is 5.43 Å². The lowest BCUT2D eigenvalue weighted by molar-refractivity contribution is -0.120. The molecule has 1 aromatic heterocycles. The Morgan fingerprint density at radius 1 is 1.19 bits per heavy atom. The van der Waals surface area contributed by atoms with E-state index in [-0.39, 0.29) is 11.2 Å². The normalized spacial score (nSPS) is 12.2. The molecule has 3 rings (SSSR count). The van der Waals surface area contributed by atoms with E-state index in [4.69, 9.17) is 11.6 Å². The lowest BCUT2D eigenvalue weighted by atomic mass is 10.2.